The Bertz CT molecular complexity index is 1190. The van der Waals surface area contributed by atoms with E-state index in [1.165, 1.54) is 70.6 Å². The van der Waals surface area contributed by atoms with Gasteiger partial charge >= 0.3 is 17.9 Å². The average Bonchev–Trinajstić information content (AvgIpc) is 3.24. The number of carbonyl (C=O) groups excluding carboxylic acids is 3. The maximum Gasteiger partial charge on any atom is 0.306 e. The standard InChI is InChI=1S/C54H90O6/c1-4-7-10-13-16-19-22-25-27-28-30-32-35-38-41-44-47-53(56)59-50-51(49-58-52(55)46-43-40-37-34-31-24-21-18-15-12-9-6-3)60-54(57)48-45-42-39-36-33-29-26-23-20-17-14-11-8-5-2/h7,9-10,12,16,18-19,21,25,27,30,32,38,41,51H,4-6,8,11,13-15,17,20,22-24,26,28-29,31,33-37,39-40,42-50H2,1-3H3/b10-7-,12-9-,19-16-,21-18-,27-25-,32-30-,41-38-. The fraction of sp³-hybridized carbons (Fsp3) is 0.685. The molecule has 1 atom stereocenters. The van der Waals surface area contributed by atoms with E-state index in [1.54, 1.807) is 0 Å². The van der Waals surface area contributed by atoms with Crippen molar-refractivity contribution in [3.05, 3.63) is 85.1 Å². The molecule has 342 valence electrons. The Labute approximate surface area is 369 Å². The molecule has 0 aliphatic heterocycles. The van der Waals surface area contributed by atoms with Crippen LogP contribution in [0.1, 0.15) is 220 Å². The Morgan fingerprint density at radius 1 is 0.350 bits per heavy atom. The van der Waals surface area contributed by atoms with Crippen molar-refractivity contribution in [2.45, 2.75) is 226 Å². The van der Waals surface area contributed by atoms with Gasteiger partial charge in [-0.1, -0.05) is 209 Å². The second kappa shape index (κ2) is 48.3. The summed E-state index contributed by atoms with van der Waals surface area (Å²) >= 11 is 0. The number of hydrogen-bond donors (Lipinski definition) is 0. The first kappa shape index (κ1) is 56.6. The van der Waals surface area contributed by atoms with E-state index < -0.39 is 6.10 Å². The minimum absolute atomic E-state index is 0.106. The number of esters is 3. The van der Waals surface area contributed by atoms with E-state index in [0.29, 0.717) is 19.3 Å². The van der Waals surface area contributed by atoms with Crippen molar-refractivity contribution in [2.75, 3.05) is 13.2 Å². The number of ether oxygens (including phenoxy) is 3. The van der Waals surface area contributed by atoms with Crippen molar-refractivity contribution >= 4 is 17.9 Å². The summed E-state index contributed by atoms with van der Waals surface area (Å²) in [6, 6.07) is 0. The molecule has 0 bridgehead atoms. The third-order valence-electron chi connectivity index (χ3n) is 10.2. The van der Waals surface area contributed by atoms with E-state index >= 15 is 0 Å². The van der Waals surface area contributed by atoms with Crippen LogP contribution in [0.5, 0.6) is 0 Å². The minimum Gasteiger partial charge on any atom is -0.462 e. The summed E-state index contributed by atoms with van der Waals surface area (Å²) in [5, 5.41) is 0. The van der Waals surface area contributed by atoms with Crippen LogP contribution in [0.25, 0.3) is 0 Å². The lowest BCUT2D eigenvalue weighted by atomic mass is 10.0. The Balaban J connectivity index is 4.50. The summed E-state index contributed by atoms with van der Waals surface area (Å²) in [5.41, 5.74) is 0. The largest absolute Gasteiger partial charge is 0.462 e. The van der Waals surface area contributed by atoms with Gasteiger partial charge in [-0.15, -0.1) is 0 Å². The van der Waals surface area contributed by atoms with E-state index in [9.17, 15) is 14.4 Å². The second-order valence-electron chi connectivity index (χ2n) is 16.0. The Morgan fingerprint density at radius 2 is 0.683 bits per heavy atom. The predicted molar refractivity (Wildman–Crippen MR) is 256 cm³/mol. The molecule has 0 aromatic rings. The Morgan fingerprint density at radius 3 is 1.12 bits per heavy atom. The number of hydrogen-bond acceptors (Lipinski definition) is 6. The predicted octanol–water partition coefficient (Wildman–Crippen LogP) is 16.0. The summed E-state index contributed by atoms with van der Waals surface area (Å²) in [6.07, 6.45) is 61.5. The molecule has 0 aliphatic carbocycles. The second-order valence-corrected chi connectivity index (χ2v) is 16.0. The van der Waals surface area contributed by atoms with E-state index in [2.05, 4.69) is 93.7 Å². The first-order valence-corrected chi connectivity index (χ1v) is 24.6. The molecule has 6 nitrogen and oxygen atoms in total. The van der Waals surface area contributed by atoms with Crippen LogP contribution in [0, 0.1) is 0 Å². The molecule has 0 rings (SSSR count). The summed E-state index contributed by atoms with van der Waals surface area (Å²) in [5.74, 6) is -1.01. The molecule has 0 spiro atoms. The number of rotatable bonds is 43. The third-order valence-corrected chi connectivity index (χ3v) is 10.2. The molecule has 0 aromatic carbocycles. The first-order valence-electron chi connectivity index (χ1n) is 24.6. The van der Waals surface area contributed by atoms with Crippen LogP contribution in [-0.2, 0) is 28.6 Å². The molecule has 0 amide bonds. The monoisotopic (exact) mass is 835 g/mol. The highest BCUT2D eigenvalue weighted by molar-refractivity contribution is 5.71. The zero-order chi connectivity index (χ0) is 43.7. The molecule has 0 saturated carbocycles. The average molecular weight is 835 g/mol. The van der Waals surface area contributed by atoms with Crippen molar-refractivity contribution in [1.29, 1.82) is 0 Å². The SMILES string of the molecule is CC/C=C\C/C=C\C/C=C\C/C=C\C/C=C\CCC(=O)OCC(COC(=O)CCCCCCC/C=C\C/C=C\CC)OC(=O)CCCCCCCCCCCCCCCC. The zero-order valence-corrected chi connectivity index (χ0v) is 38.9. The van der Waals surface area contributed by atoms with Crippen LogP contribution in [0.3, 0.4) is 0 Å². The molecule has 6 heteroatoms. The molecule has 1 unspecified atom stereocenters. The van der Waals surface area contributed by atoms with Crippen LogP contribution < -0.4 is 0 Å². The lowest BCUT2D eigenvalue weighted by Gasteiger charge is -2.18. The molecule has 0 aromatic heterocycles. The molecule has 0 fully saturated rings. The van der Waals surface area contributed by atoms with Gasteiger partial charge in [-0.2, -0.15) is 0 Å². The molecule has 0 aliphatic rings. The van der Waals surface area contributed by atoms with Gasteiger partial charge in [0.25, 0.3) is 0 Å². The maximum atomic E-state index is 12.8. The van der Waals surface area contributed by atoms with E-state index in [-0.39, 0.29) is 37.5 Å². The molecule has 0 radical (unpaired) electrons. The summed E-state index contributed by atoms with van der Waals surface area (Å²) in [6.45, 7) is 6.33. The number of unbranched alkanes of at least 4 members (excludes halogenated alkanes) is 18. The van der Waals surface area contributed by atoms with E-state index in [0.717, 1.165) is 103 Å². The van der Waals surface area contributed by atoms with Crippen LogP contribution in [0.15, 0.2) is 85.1 Å². The topological polar surface area (TPSA) is 78.9 Å². The lowest BCUT2D eigenvalue weighted by molar-refractivity contribution is -0.166. The minimum atomic E-state index is -0.809. The summed E-state index contributed by atoms with van der Waals surface area (Å²) < 4.78 is 16.7. The Kier molecular flexibility index (Phi) is 45.5. The van der Waals surface area contributed by atoms with Crippen molar-refractivity contribution < 1.29 is 28.6 Å². The van der Waals surface area contributed by atoms with Crippen LogP contribution in [0.2, 0.25) is 0 Å². The van der Waals surface area contributed by atoms with Gasteiger partial charge in [0.05, 0.1) is 0 Å². The zero-order valence-electron chi connectivity index (χ0n) is 38.9. The van der Waals surface area contributed by atoms with Gasteiger partial charge in [0.2, 0.25) is 0 Å². The lowest BCUT2D eigenvalue weighted by Crippen LogP contribution is -2.30. The van der Waals surface area contributed by atoms with Gasteiger partial charge in [0, 0.05) is 19.3 Å². The molecular formula is C54H90O6. The van der Waals surface area contributed by atoms with Gasteiger partial charge < -0.3 is 14.2 Å². The number of carbonyl (C=O) groups is 3. The summed E-state index contributed by atoms with van der Waals surface area (Å²) in [7, 11) is 0. The van der Waals surface area contributed by atoms with Gasteiger partial charge in [-0.05, 0) is 77.0 Å². The fourth-order valence-electron chi connectivity index (χ4n) is 6.53. The van der Waals surface area contributed by atoms with Gasteiger partial charge in [-0.3, -0.25) is 14.4 Å². The van der Waals surface area contributed by atoms with Gasteiger partial charge in [0.1, 0.15) is 13.2 Å². The van der Waals surface area contributed by atoms with Crippen molar-refractivity contribution in [2.24, 2.45) is 0 Å². The smallest absolute Gasteiger partial charge is 0.306 e. The van der Waals surface area contributed by atoms with Crippen LogP contribution in [0.4, 0.5) is 0 Å². The number of allylic oxidation sites excluding steroid dienone is 14. The fourth-order valence-corrected chi connectivity index (χ4v) is 6.53. The molecule has 60 heavy (non-hydrogen) atoms. The molecule has 0 saturated heterocycles. The van der Waals surface area contributed by atoms with Crippen molar-refractivity contribution in [1.82, 2.24) is 0 Å². The Hall–Kier alpha value is -3.41. The van der Waals surface area contributed by atoms with E-state index in [4.69, 9.17) is 14.2 Å². The maximum absolute atomic E-state index is 12.8. The van der Waals surface area contributed by atoms with Crippen LogP contribution >= 0.6 is 0 Å². The molecule has 0 heterocycles. The van der Waals surface area contributed by atoms with Crippen LogP contribution in [-0.4, -0.2) is 37.2 Å². The van der Waals surface area contributed by atoms with Gasteiger partial charge in [0.15, 0.2) is 6.10 Å². The van der Waals surface area contributed by atoms with Crippen molar-refractivity contribution in [3.63, 3.8) is 0 Å². The third kappa shape index (κ3) is 45.7. The van der Waals surface area contributed by atoms with Crippen molar-refractivity contribution in [3.8, 4) is 0 Å². The normalized spacial score (nSPS) is 12.8. The highest BCUT2D eigenvalue weighted by Gasteiger charge is 2.19. The highest BCUT2D eigenvalue weighted by Crippen LogP contribution is 2.14. The quantitative estimate of drug-likeness (QED) is 0.0263. The van der Waals surface area contributed by atoms with Gasteiger partial charge in [-0.25, -0.2) is 0 Å². The highest BCUT2D eigenvalue weighted by atomic mass is 16.6. The molecule has 0 N–H and O–H groups in total. The first-order chi connectivity index (χ1) is 29.5. The van der Waals surface area contributed by atoms with E-state index in [1.807, 2.05) is 12.2 Å². The summed E-state index contributed by atoms with van der Waals surface area (Å²) in [4.78, 5) is 37.8. The molecular weight excluding hydrogens is 745 g/mol.